The lowest BCUT2D eigenvalue weighted by atomic mass is 9.95. The molecule has 2 aromatic heterocycles. The molecule has 8 nitrogen and oxygen atoms in total. The number of anilines is 1. The molecule has 0 N–H and O–H groups in total. The number of rotatable bonds is 3. The summed E-state index contributed by atoms with van der Waals surface area (Å²) in [7, 11) is 0. The van der Waals surface area contributed by atoms with Crippen LogP contribution >= 0.6 is 0 Å². The van der Waals surface area contributed by atoms with Crippen LogP contribution in [0.15, 0.2) is 12.4 Å². The van der Waals surface area contributed by atoms with Crippen LogP contribution in [0.3, 0.4) is 0 Å². The molecule has 2 aromatic rings. The maximum Gasteiger partial charge on any atom is 0.225 e. The largest absolute Gasteiger partial charge is 0.378 e. The number of ether oxygens (including phenoxy) is 1. The van der Waals surface area contributed by atoms with Crippen molar-refractivity contribution in [2.75, 3.05) is 44.3 Å². The zero-order valence-corrected chi connectivity index (χ0v) is 14.9. The summed E-state index contributed by atoms with van der Waals surface area (Å²) in [5, 5.41) is 8.79. The molecule has 0 aromatic carbocycles. The molecule has 0 unspecified atom stereocenters. The molecular weight excluding hydrogens is 332 g/mol. The van der Waals surface area contributed by atoms with Crippen LogP contribution in [0.2, 0.25) is 0 Å². The molecule has 3 fully saturated rings. The van der Waals surface area contributed by atoms with Gasteiger partial charge in [0.25, 0.3) is 0 Å². The van der Waals surface area contributed by atoms with Gasteiger partial charge in [-0.25, -0.2) is 4.98 Å². The zero-order chi connectivity index (χ0) is 17.5. The van der Waals surface area contributed by atoms with Gasteiger partial charge in [0.05, 0.1) is 13.2 Å². The molecule has 8 heteroatoms. The number of carbonyl (C=O) groups is 1. The van der Waals surface area contributed by atoms with E-state index in [1.807, 2.05) is 17.3 Å². The molecule has 26 heavy (non-hydrogen) atoms. The number of piperidine rings is 1. The van der Waals surface area contributed by atoms with E-state index in [4.69, 9.17) is 4.74 Å². The predicted octanol–water partition coefficient (Wildman–Crippen LogP) is 1.08. The third-order valence-electron chi connectivity index (χ3n) is 5.74. The third-order valence-corrected chi connectivity index (χ3v) is 5.74. The summed E-state index contributed by atoms with van der Waals surface area (Å²) in [6.07, 6.45) is 7.93. The minimum atomic E-state index is 0.115. The molecule has 2 aliphatic heterocycles. The molecule has 1 amide bonds. The topological polar surface area (TPSA) is 75.9 Å². The Balaban J connectivity index is 1.29. The van der Waals surface area contributed by atoms with Crippen molar-refractivity contribution in [2.24, 2.45) is 5.92 Å². The fraction of sp³-hybridized carbons (Fsp3) is 0.667. The second-order valence-electron chi connectivity index (χ2n) is 7.48. The Bertz CT molecular complexity index is 803. The van der Waals surface area contributed by atoms with Gasteiger partial charge in [0.1, 0.15) is 5.82 Å². The highest BCUT2D eigenvalue weighted by Gasteiger charge is 2.32. The Hall–Kier alpha value is -2.22. The number of morpholine rings is 1. The van der Waals surface area contributed by atoms with Crippen molar-refractivity contribution in [3.63, 3.8) is 0 Å². The van der Waals surface area contributed by atoms with E-state index >= 15 is 0 Å². The second kappa shape index (κ2) is 6.50. The highest BCUT2D eigenvalue weighted by molar-refractivity contribution is 5.79. The van der Waals surface area contributed by atoms with Gasteiger partial charge in [0.15, 0.2) is 5.82 Å². The van der Waals surface area contributed by atoms with Crippen LogP contribution < -0.4 is 4.90 Å². The quantitative estimate of drug-likeness (QED) is 0.819. The van der Waals surface area contributed by atoms with E-state index in [9.17, 15) is 4.79 Å². The summed E-state index contributed by atoms with van der Waals surface area (Å²) < 4.78 is 7.44. The molecule has 0 atom stereocenters. The van der Waals surface area contributed by atoms with Crippen molar-refractivity contribution in [1.82, 2.24) is 24.5 Å². The van der Waals surface area contributed by atoms with Crippen molar-refractivity contribution in [3.05, 3.63) is 18.2 Å². The first-order chi connectivity index (χ1) is 12.8. The van der Waals surface area contributed by atoms with Gasteiger partial charge < -0.3 is 14.5 Å². The smallest absolute Gasteiger partial charge is 0.225 e. The van der Waals surface area contributed by atoms with Crippen LogP contribution in [0, 0.1) is 5.92 Å². The van der Waals surface area contributed by atoms with Gasteiger partial charge in [0.2, 0.25) is 11.6 Å². The number of fused-ring (bicyclic) bond motifs is 1. The SMILES string of the molecule is O=C(C1CCN(c2nccn3c(C4CC4)nnc23)CC1)N1CCOCC1. The predicted molar refractivity (Wildman–Crippen MR) is 95.1 cm³/mol. The van der Waals surface area contributed by atoms with Crippen molar-refractivity contribution >= 4 is 17.4 Å². The van der Waals surface area contributed by atoms with Gasteiger partial charge in [-0.15, -0.1) is 10.2 Å². The molecule has 4 heterocycles. The Labute approximate surface area is 152 Å². The van der Waals surface area contributed by atoms with E-state index in [-0.39, 0.29) is 11.8 Å². The summed E-state index contributed by atoms with van der Waals surface area (Å²) in [4.78, 5) is 21.5. The summed E-state index contributed by atoms with van der Waals surface area (Å²) in [6, 6.07) is 0. The standard InChI is InChI=1S/C18H24N6O2/c25-18(23-9-11-26-12-10-23)14-3-6-22(7-4-14)16-17-21-20-15(13-1-2-13)24(17)8-5-19-16/h5,8,13-14H,1-4,6-7,9-12H2. The van der Waals surface area contributed by atoms with Gasteiger partial charge in [0, 0.05) is 50.4 Å². The van der Waals surface area contributed by atoms with Gasteiger partial charge in [-0.3, -0.25) is 9.20 Å². The highest BCUT2D eigenvalue weighted by atomic mass is 16.5. The highest BCUT2D eigenvalue weighted by Crippen LogP contribution is 2.39. The number of hydrogen-bond acceptors (Lipinski definition) is 6. The number of hydrogen-bond donors (Lipinski definition) is 0. The number of nitrogens with zero attached hydrogens (tertiary/aromatic N) is 6. The Morgan fingerprint density at radius 2 is 1.81 bits per heavy atom. The molecular formula is C18H24N6O2. The van der Waals surface area contributed by atoms with Crippen LogP contribution in [0.5, 0.6) is 0 Å². The van der Waals surface area contributed by atoms with Gasteiger partial charge in [-0.05, 0) is 25.7 Å². The van der Waals surface area contributed by atoms with E-state index in [1.165, 1.54) is 12.8 Å². The van der Waals surface area contributed by atoms with Crippen LogP contribution in [0.25, 0.3) is 5.65 Å². The van der Waals surface area contributed by atoms with E-state index in [0.717, 1.165) is 56.3 Å². The zero-order valence-electron chi connectivity index (χ0n) is 14.9. The van der Waals surface area contributed by atoms with Crippen molar-refractivity contribution in [3.8, 4) is 0 Å². The molecule has 1 saturated carbocycles. The lowest BCUT2D eigenvalue weighted by Gasteiger charge is -2.35. The lowest BCUT2D eigenvalue weighted by Crippen LogP contribution is -2.47. The number of carbonyl (C=O) groups excluding carboxylic acids is 1. The maximum atomic E-state index is 12.7. The molecule has 0 radical (unpaired) electrons. The monoisotopic (exact) mass is 356 g/mol. The second-order valence-corrected chi connectivity index (χ2v) is 7.48. The fourth-order valence-electron chi connectivity index (χ4n) is 4.05. The van der Waals surface area contributed by atoms with E-state index in [0.29, 0.717) is 19.1 Å². The van der Waals surface area contributed by atoms with Gasteiger partial charge in [-0.2, -0.15) is 0 Å². The number of aromatic nitrogens is 4. The molecule has 3 aliphatic rings. The van der Waals surface area contributed by atoms with Crippen LogP contribution in [-0.4, -0.2) is 69.8 Å². The van der Waals surface area contributed by atoms with E-state index in [2.05, 4.69) is 24.5 Å². The minimum Gasteiger partial charge on any atom is -0.378 e. The minimum absolute atomic E-state index is 0.115. The molecule has 1 aliphatic carbocycles. The normalized spacial score (nSPS) is 22.2. The first-order valence-electron chi connectivity index (χ1n) is 9.62. The van der Waals surface area contributed by atoms with Crippen LogP contribution in [0.1, 0.15) is 37.4 Å². The Kier molecular flexibility index (Phi) is 4.00. The Morgan fingerprint density at radius 1 is 1.04 bits per heavy atom. The van der Waals surface area contributed by atoms with Gasteiger partial charge >= 0.3 is 0 Å². The van der Waals surface area contributed by atoms with Crippen LogP contribution in [-0.2, 0) is 9.53 Å². The van der Waals surface area contributed by atoms with Crippen molar-refractivity contribution < 1.29 is 9.53 Å². The Morgan fingerprint density at radius 3 is 2.54 bits per heavy atom. The van der Waals surface area contributed by atoms with Crippen LogP contribution in [0.4, 0.5) is 5.82 Å². The average molecular weight is 356 g/mol. The first kappa shape index (κ1) is 16.0. The summed E-state index contributed by atoms with van der Waals surface area (Å²) in [5.74, 6) is 2.91. The average Bonchev–Trinajstić information content (AvgIpc) is 3.46. The molecule has 2 saturated heterocycles. The fourth-order valence-corrected chi connectivity index (χ4v) is 4.05. The van der Waals surface area contributed by atoms with E-state index < -0.39 is 0 Å². The molecule has 138 valence electrons. The van der Waals surface area contributed by atoms with Crippen molar-refractivity contribution in [1.29, 1.82) is 0 Å². The third kappa shape index (κ3) is 2.82. The van der Waals surface area contributed by atoms with Crippen molar-refractivity contribution in [2.45, 2.75) is 31.6 Å². The number of amides is 1. The van der Waals surface area contributed by atoms with E-state index in [1.54, 1.807) is 0 Å². The van der Waals surface area contributed by atoms with Gasteiger partial charge in [-0.1, -0.05) is 0 Å². The lowest BCUT2D eigenvalue weighted by molar-refractivity contribution is -0.140. The molecule has 0 bridgehead atoms. The summed E-state index contributed by atoms with van der Waals surface area (Å²) in [5.41, 5.74) is 0.840. The molecule has 5 rings (SSSR count). The maximum absolute atomic E-state index is 12.7. The summed E-state index contributed by atoms with van der Waals surface area (Å²) >= 11 is 0. The summed E-state index contributed by atoms with van der Waals surface area (Å²) in [6.45, 7) is 4.44. The molecule has 0 spiro atoms. The first-order valence-corrected chi connectivity index (χ1v) is 9.62.